The van der Waals surface area contributed by atoms with E-state index in [4.69, 9.17) is 4.74 Å². The number of likely N-dealkylation sites (tertiary alicyclic amines) is 1. The Bertz CT molecular complexity index is 305. The first-order valence-electron chi connectivity index (χ1n) is 8.26. The van der Waals surface area contributed by atoms with Gasteiger partial charge in [-0.1, -0.05) is 19.8 Å². The van der Waals surface area contributed by atoms with E-state index < -0.39 is 0 Å². The Kier molecular flexibility index (Phi) is 6.30. The zero-order valence-electron chi connectivity index (χ0n) is 13.1. The number of methoxy groups -OCH3 is 1. The van der Waals surface area contributed by atoms with Crippen LogP contribution in [0.4, 0.5) is 0 Å². The van der Waals surface area contributed by atoms with Crippen molar-refractivity contribution in [3.8, 4) is 0 Å². The maximum absolute atomic E-state index is 12.1. The number of ether oxygens (including phenoxy) is 1. The van der Waals surface area contributed by atoms with E-state index >= 15 is 0 Å². The average Bonchev–Trinajstić information content (AvgIpc) is 2.70. The summed E-state index contributed by atoms with van der Waals surface area (Å²) in [6.07, 6.45) is 6.91. The molecule has 4 heteroatoms. The molecule has 4 nitrogen and oxygen atoms in total. The standard InChI is InChI=1S/C16H30N2O2/c1-3-6-14-11-18(9-5-10-20-2)12-15(14)17-16(19)13-7-4-8-13/h13-15H,3-12H2,1-2H3,(H,17,19)/t14-,15-/m0/s1. The first kappa shape index (κ1) is 15.8. The maximum atomic E-state index is 12.1. The van der Waals surface area contributed by atoms with Crippen LogP contribution in [0.5, 0.6) is 0 Å². The summed E-state index contributed by atoms with van der Waals surface area (Å²) in [5.41, 5.74) is 0. The topological polar surface area (TPSA) is 41.6 Å². The van der Waals surface area contributed by atoms with E-state index in [2.05, 4.69) is 17.1 Å². The highest BCUT2D eigenvalue weighted by molar-refractivity contribution is 5.79. The molecule has 0 aromatic rings. The molecule has 0 bridgehead atoms. The molecule has 2 rings (SSSR count). The molecule has 20 heavy (non-hydrogen) atoms. The van der Waals surface area contributed by atoms with Crippen molar-refractivity contribution < 1.29 is 9.53 Å². The van der Waals surface area contributed by atoms with Crippen LogP contribution in [0.3, 0.4) is 0 Å². The largest absolute Gasteiger partial charge is 0.385 e. The molecule has 0 spiro atoms. The quantitative estimate of drug-likeness (QED) is 0.693. The molecular formula is C16H30N2O2. The zero-order valence-corrected chi connectivity index (χ0v) is 13.1. The Balaban J connectivity index is 1.79. The van der Waals surface area contributed by atoms with Gasteiger partial charge in [-0.2, -0.15) is 0 Å². The summed E-state index contributed by atoms with van der Waals surface area (Å²) in [7, 11) is 1.76. The first-order valence-corrected chi connectivity index (χ1v) is 8.26. The number of rotatable bonds is 8. The van der Waals surface area contributed by atoms with E-state index in [0.717, 1.165) is 45.5 Å². The third kappa shape index (κ3) is 4.19. The fourth-order valence-electron chi connectivity index (χ4n) is 3.37. The van der Waals surface area contributed by atoms with Gasteiger partial charge in [0.05, 0.1) is 0 Å². The molecule has 1 amide bonds. The third-order valence-corrected chi connectivity index (χ3v) is 4.80. The third-order valence-electron chi connectivity index (χ3n) is 4.80. The zero-order chi connectivity index (χ0) is 14.4. The van der Waals surface area contributed by atoms with Crippen molar-refractivity contribution in [2.45, 2.75) is 51.5 Å². The van der Waals surface area contributed by atoms with E-state index in [9.17, 15) is 4.79 Å². The minimum absolute atomic E-state index is 0.305. The number of nitrogens with zero attached hydrogens (tertiary/aromatic N) is 1. The van der Waals surface area contributed by atoms with Gasteiger partial charge in [0, 0.05) is 45.3 Å². The van der Waals surface area contributed by atoms with Crippen LogP contribution >= 0.6 is 0 Å². The van der Waals surface area contributed by atoms with Gasteiger partial charge in [-0.25, -0.2) is 0 Å². The number of carbonyl (C=O) groups excluding carboxylic acids is 1. The van der Waals surface area contributed by atoms with Gasteiger partial charge in [0.15, 0.2) is 0 Å². The molecule has 0 unspecified atom stereocenters. The van der Waals surface area contributed by atoms with Crippen LogP contribution in [0, 0.1) is 11.8 Å². The molecule has 0 radical (unpaired) electrons. The van der Waals surface area contributed by atoms with Gasteiger partial charge in [0.1, 0.15) is 0 Å². The van der Waals surface area contributed by atoms with Crippen LogP contribution < -0.4 is 5.32 Å². The molecule has 2 atom stereocenters. The monoisotopic (exact) mass is 282 g/mol. The lowest BCUT2D eigenvalue weighted by Crippen LogP contribution is -2.45. The summed E-state index contributed by atoms with van der Waals surface area (Å²) < 4.78 is 5.12. The van der Waals surface area contributed by atoms with Crippen LogP contribution in [0.2, 0.25) is 0 Å². The number of hydrogen-bond donors (Lipinski definition) is 1. The van der Waals surface area contributed by atoms with Crippen LogP contribution in [0.25, 0.3) is 0 Å². The van der Waals surface area contributed by atoms with Crippen LogP contribution in [0.1, 0.15) is 45.4 Å². The van der Waals surface area contributed by atoms with Gasteiger partial charge in [-0.15, -0.1) is 0 Å². The first-order chi connectivity index (χ1) is 9.74. The molecule has 0 aromatic carbocycles. The van der Waals surface area contributed by atoms with Gasteiger partial charge in [0.2, 0.25) is 5.91 Å². The highest BCUT2D eigenvalue weighted by Crippen LogP contribution is 2.28. The van der Waals surface area contributed by atoms with Gasteiger partial charge in [-0.05, 0) is 31.6 Å². The highest BCUT2D eigenvalue weighted by atomic mass is 16.5. The Morgan fingerprint density at radius 3 is 2.75 bits per heavy atom. The maximum Gasteiger partial charge on any atom is 0.223 e. The summed E-state index contributed by atoms with van der Waals surface area (Å²) in [4.78, 5) is 14.6. The lowest BCUT2D eigenvalue weighted by atomic mass is 9.84. The van der Waals surface area contributed by atoms with E-state index in [1.165, 1.54) is 19.3 Å². The van der Waals surface area contributed by atoms with Crippen LogP contribution in [-0.4, -0.2) is 50.2 Å². The van der Waals surface area contributed by atoms with Crippen molar-refractivity contribution in [2.24, 2.45) is 11.8 Å². The summed E-state index contributed by atoms with van der Waals surface area (Å²) in [6, 6.07) is 0.366. The predicted octanol–water partition coefficient (Wildman–Crippen LogP) is 2.04. The van der Waals surface area contributed by atoms with E-state index in [1.807, 2.05) is 0 Å². The number of nitrogens with one attached hydrogen (secondary N) is 1. The average molecular weight is 282 g/mol. The van der Waals surface area contributed by atoms with Crippen molar-refractivity contribution in [1.29, 1.82) is 0 Å². The lowest BCUT2D eigenvalue weighted by Gasteiger charge is -2.27. The molecule has 1 N–H and O–H groups in total. The van der Waals surface area contributed by atoms with E-state index in [0.29, 0.717) is 23.8 Å². The van der Waals surface area contributed by atoms with Crippen molar-refractivity contribution >= 4 is 5.91 Å². The van der Waals surface area contributed by atoms with Crippen molar-refractivity contribution in [3.63, 3.8) is 0 Å². The molecule has 2 fully saturated rings. The summed E-state index contributed by atoms with van der Waals surface area (Å²) >= 11 is 0. The summed E-state index contributed by atoms with van der Waals surface area (Å²) in [5.74, 6) is 1.24. The number of hydrogen-bond acceptors (Lipinski definition) is 3. The minimum Gasteiger partial charge on any atom is -0.385 e. The predicted molar refractivity (Wildman–Crippen MR) is 80.6 cm³/mol. The number of carbonyl (C=O) groups is 1. The second-order valence-electron chi connectivity index (χ2n) is 6.40. The second kappa shape index (κ2) is 7.99. The Hall–Kier alpha value is -0.610. The molecule has 1 aliphatic carbocycles. The fourth-order valence-corrected chi connectivity index (χ4v) is 3.37. The second-order valence-corrected chi connectivity index (χ2v) is 6.40. The molecule has 0 aromatic heterocycles. The van der Waals surface area contributed by atoms with Crippen LogP contribution in [-0.2, 0) is 9.53 Å². The Morgan fingerprint density at radius 1 is 1.35 bits per heavy atom. The highest BCUT2D eigenvalue weighted by Gasteiger charge is 2.35. The molecule has 116 valence electrons. The van der Waals surface area contributed by atoms with Gasteiger partial charge < -0.3 is 15.0 Å². The molecule has 1 aliphatic heterocycles. The Morgan fingerprint density at radius 2 is 2.15 bits per heavy atom. The molecule has 2 aliphatic rings. The van der Waals surface area contributed by atoms with Crippen molar-refractivity contribution in [3.05, 3.63) is 0 Å². The Labute approximate surface area is 123 Å². The number of amides is 1. The smallest absolute Gasteiger partial charge is 0.223 e. The molecular weight excluding hydrogens is 252 g/mol. The van der Waals surface area contributed by atoms with Gasteiger partial charge in [-0.3, -0.25) is 4.79 Å². The lowest BCUT2D eigenvalue weighted by molar-refractivity contribution is -0.128. The van der Waals surface area contributed by atoms with Crippen molar-refractivity contribution in [1.82, 2.24) is 10.2 Å². The van der Waals surface area contributed by atoms with E-state index in [-0.39, 0.29) is 0 Å². The fraction of sp³-hybridized carbons (Fsp3) is 0.938. The molecule has 1 heterocycles. The SMILES string of the molecule is CCC[C@H]1CN(CCCOC)C[C@@H]1NC(=O)C1CCC1. The van der Waals surface area contributed by atoms with Crippen molar-refractivity contribution in [2.75, 3.05) is 33.4 Å². The van der Waals surface area contributed by atoms with Crippen LogP contribution in [0.15, 0.2) is 0 Å². The normalized spacial score (nSPS) is 27.5. The molecule has 1 saturated heterocycles. The summed E-state index contributed by atoms with van der Waals surface area (Å²) in [6.45, 7) is 6.30. The van der Waals surface area contributed by atoms with Gasteiger partial charge in [0.25, 0.3) is 0 Å². The van der Waals surface area contributed by atoms with Gasteiger partial charge >= 0.3 is 0 Å². The molecule has 1 saturated carbocycles. The van der Waals surface area contributed by atoms with E-state index in [1.54, 1.807) is 7.11 Å². The summed E-state index contributed by atoms with van der Waals surface area (Å²) in [5, 5.41) is 3.32. The minimum atomic E-state index is 0.305.